The van der Waals surface area contributed by atoms with Crippen LogP contribution in [0.3, 0.4) is 0 Å². The average Bonchev–Trinajstić information content (AvgIpc) is 3.60. The van der Waals surface area contributed by atoms with E-state index in [4.69, 9.17) is 9.47 Å². The molecule has 3 N–H and O–H groups in total. The van der Waals surface area contributed by atoms with Crippen LogP contribution in [0.1, 0.15) is 70.3 Å². The van der Waals surface area contributed by atoms with Gasteiger partial charge >= 0.3 is 5.69 Å². The molecule has 0 radical (unpaired) electrons. The lowest BCUT2D eigenvalue weighted by atomic mass is 9.97. The molecule has 1 aromatic heterocycles. The number of halogens is 5. The number of nitrogens with one attached hydrogen (secondary N) is 2. The van der Waals surface area contributed by atoms with Crippen molar-refractivity contribution >= 4 is 16.9 Å². The van der Waals surface area contributed by atoms with Crippen LogP contribution in [0.15, 0.2) is 102 Å². The van der Waals surface area contributed by atoms with Gasteiger partial charge in [0.1, 0.15) is 5.56 Å². The zero-order chi connectivity index (χ0) is 40.5. The fourth-order valence-corrected chi connectivity index (χ4v) is 7.96. The minimum atomic E-state index is -2.34. The van der Waals surface area contributed by atoms with Gasteiger partial charge in [0.25, 0.3) is 5.91 Å². The van der Waals surface area contributed by atoms with Crippen molar-refractivity contribution in [3.8, 4) is 11.1 Å². The standard InChI is InChI=1S/C44H39F5N4O5/c45-37-36(38(46)40(48)41(49)39(37)47)42(55)50-22-29-5-1-2-6-32(29)26-13-15-28(16-14-26)43-57-31(21-35(58-43)27-11-9-25(24-54)10-12-27)23-52-19-17-30(18-20-52)53-34-8-4-3-7-33(34)51-44(53)56/h1-16,30-31,35,43,54H,17-24H2,(H,50,55)(H,51,56)/t31-,35+,43+/m0/s1. The molecule has 0 spiro atoms. The van der Waals surface area contributed by atoms with Gasteiger partial charge in [-0.05, 0) is 52.8 Å². The molecule has 2 aliphatic heterocycles. The fourth-order valence-electron chi connectivity index (χ4n) is 7.96. The lowest BCUT2D eigenvalue weighted by Crippen LogP contribution is -2.43. The van der Waals surface area contributed by atoms with Crippen LogP contribution >= 0.6 is 0 Å². The van der Waals surface area contributed by atoms with Crippen molar-refractivity contribution in [3.05, 3.63) is 164 Å². The first-order chi connectivity index (χ1) is 28.1. The Balaban J connectivity index is 0.975. The highest BCUT2D eigenvalue weighted by Crippen LogP contribution is 2.39. The highest BCUT2D eigenvalue weighted by atomic mass is 19.2. The number of imidazole rings is 1. The number of nitrogens with zero attached hydrogens (tertiary/aromatic N) is 2. The van der Waals surface area contributed by atoms with Crippen LogP contribution in [-0.2, 0) is 22.6 Å². The molecule has 0 aliphatic carbocycles. The molecule has 9 nitrogen and oxygen atoms in total. The molecule has 14 heteroatoms. The number of para-hydroxylation sites is 2. The summed E-state index contributed by atoms with van der Waals surface area (Å²) in [6.07, 6.45) is 0.984. The van der Waals surface area contributed by atoms with E-state index in [1.807, 2.05) is 77.4 Å². The number of H-pyrrole nitrogens is 1. The normalized spacial score (nSPS) is 19.1. The van der Waals surface area contributed by atoms with Crippen molar-refractivity contribution in [1.29, 1.82) is 0 Å². The number of amides is 1. The zero-order valence-corrected chi connectivity index (χ0v) is 31.1. The molecule has 2 fully saturated rings. The van der Waals surface area contributed by atoms with Crippen molar-refractivity contribution in [2.75, 3.05) is 19.6 Å². The van der Waals surface area contributed by atoms with Gasteiger partial charge in [0.05, 0.1) is 29.8 Å². The molecule has 1 amide bonds. The molecule has 8 rings (SSSR count). The van der Waals surface area contributed by atoms with E-state index in [0.717, 1.165) is 59.2 Å². The number of aromatic nitrogens is 2. The summed E-state index contributed by atoms with van der Waals surface area (Å²) >= 11 is 0. The molecule has 5 aromatic carbocycles. The van der Waals surface area contributed by atoms with Gasteiger partial charge in [-0.2, -0.15) is 0 Å². The number of hydrogen-bond donors (Lipinski definition) is 3. The summed E-state index contributed by atoms with van der Waals surface area (Å²) in [7, 11) is 0. The number of benzene rings is 5. The first-order valence-corrected chi connectivity index (χ1v) is 19.0. The molecule has 2 aliphatic rings. The average molecular weight is 799 g/mol. The summed E-state index contributed by atoms with van der Waals surface area (Å²) in [6, 6.07) is 29.8. The molecular formula is C44H39F5N4O5. The van der Waals surface area contributed by atoms with Gasteiger partial charge in [-0.25, -0.2) is 26.7 Å². The topological polar surface area (TPSA) is 109 Å². The van der Waals surface area contributed by atoms with E-state index in [0.29, 0.717) is 24.1 Å². The van der Waals surface area contributed by atoms with Crippen LogP contribution in [0, 0.1) is 29.1 Å². The lowest BCUT2D eigenvalue weighted by Gasteiger charge is -2.40. The smallest absolute Gasteiger partial charge is 0.326 e. The minimum Gasteiger partial charge on any atom is -0.392 e. The van der Waals surface area contributed by atoms with E-state index in [1.165, 1.54) is 0 Å². The molecule has 3 heterocycles. The van der Waals surface area contributed by atoms with E-state index in [2.05, 4.69) is 15.2 Å². The molecule has 0 bridgehead atoms. The number of ether oxygens (including phenoxy) is 2. The van der Waals surface area contributed by atoms with Crippen molar-refractivity contribution in [1.82, 2.24) is 19.8 Å². The predicted molar refractivity (Wildman–Crippen MR) is 205 cm³/mol. The molecule has 58 heavy (non-hydrogen) atoms. The lowest BCUT2D eigenvalue weighted by molar-refractivity contribution is -0.253. The Morgan fingerprint density at radius 1 is 0.776 bits per heavy atom. The molecule has 3 atom stereocenters. The van der Waals surface area contributed by atoms with E-state index in [1.54, 1.807) is 24.3 Å². The number of aliphatic hydroxyl groups excluding tert-OH is 1. The van der Waals surface area contributed by atoms with Crippen molar-refractivity contribution in [3.63, 3.8) is 0 Å². The third kappa shape index (κ3) is 7.80. The van der Waals surface area contributed by atoms with Gasteiger partial charge in [0.2, 0.25) is 5.82 Å². The Hall–Kier alpha value is -5.67. The monoisotopic (exact) mass is 798 g/mol. The Bertz CT molecular complexity index is 2470. The third-order valence-corrected chi connectivity index (χ3v) is 11.0. The summed E-state index contributed by atoms with van der Waals surface area (Å²) in [6.45, 7) is 1.89. The number of piperidine rings is 1. The molecule has 2 saturated heterocycles. The van der Waals surface area contributed by atoms with Crippen LogP contribution in [0.4, 0.5) is 22.0 Å². The van der Waals surface area contributed by atoms with Crippen molar-refractivity contribution in [2.24, 2.45) is 0 Å². The van der Waals surface area contributed by atoms with Gasteiger partial charge < -0.3 is 29.8 Å². The highest BCUT2D eigenvalue weighted by molar-refractivity contribution is 5.95. The Labute approximate surface area is 329 Å². The number of carbonyl (C=O) groups is 1. The summed E-state index contributed by atoms with van der Waals surface area (Å²) in [5.74, 6) is -12.6. The number of likely N-dealkylation sites (tertiary alicyclic amines) is 1. The molecule has 6 aromatic rings. The molecule has 0 saturated carbocycles. The summed E-state index contributed by atoms with van der Waals surface area (Å²) < 4.78 is 84.7. The van der Waals surface area contributed by atoms with E-state index < -0.39 is 46.8 Å². The van der Waals surface area contributed by atoms with Crippen LogP contribution in [0.2, 0.25) is 0 Å². The van der Waals surface area contributed by atoms with E-state index in [9.17, 15) is 36.6 Å². The van der Waals surface area contributed by atoms with E-state index >= 15 is 0 Å². The van der Waals surface area contributed by atoms with Crippen LogP contribution in [-0.4, -0.2) is 51.2 Å². The number of rotatable bonds is 10. The van der Waals surface area contributed by atoms with Crippen LogP contribution in [0.25, 0.3) is 22.2 Å². The van der Waals surface area contributed by atoms with Gasteiger partial charge in [-0.1, -0.05) is 84.9 Å². The molecular weight excluding hydrogens is 759 g/mol. The van der Waals surface area contributed by atoms with Gasteiger partial charge in [-0.3, -0.25) is 9.36 Å². The number of aliphatic hydroxyl groups is 1. The largest absolute Gasteiger partial charge is 0.392 e. The number of fused-ring (bicyclic) bond motifs is 1. The summed E-state index contributed by atoms with van der Waals surface area (Å²) in [5.41, 5.74) is 4.48. The molecule has 0 unspecified atom stereocenters. The first-order valence-electron chi connectivity index (χ1n) is 19.0. The summed E-state index contributed by atoms with van der Waals surface area (Å²) in [5, 5.41) is 11.9. The number of carbonyl (C=O) groups excluding carboxylic acids is 1. The predicted octanol–water partition coefficient (Wildman–Crippen LogP) is 8.00. The molecule has 300 valence electrons. The SMILES string of the molecule is O=C(NCc1ccccc1-c1ccc([C@@H]2O[C@H](CN3CCC(n4c(=O)[nH]c5ccccc54)CC3)C[C@H](c3ccc(CO)cc3)O2)cc1)c1c(F)c(F)c(F)c(F)c1F. The third-order valence-electron chi connectivity index (χ3n) is 11.0. The van der Waals surface area contributed by atoms with Crippen molar-refractivity contribution in [2.45, 2.75) is 57.0 Å². The first kappa shape index (κ1) is 39.2. The van der Waals surface area contributed by atoms with Crippen molar-refractivity contribution < 1.29 is 41.3 Å². The maximum atomic E-state index is 14.3. The maximum absolute atomic E-state index is 14.3. The second kappa shape index (κ2) is 16.7. The van der Waals surface area contributed by atoms with Gasteiger partial charge in [0, 0.05) is 44.2 Å². The van der Waals surface area contributed by atoms with Crippen LogP contribution in [0.5, 0.6) is 0 Å². The Morgan fingerprint density at radius 2 is 1.41 bits per heavy atom. The van der Waals surface area contributed by atoms with E-state index in [-0.39, 0.29) is 37.1 Å². The fraction of sp³-hybridized carbons (Fsp3) is 0.273. The van der Waals surface area contributed by atoms with Gasteiger partial charge in [-0.15, -0.1) is 0 Å². The second-order valence-electron chi connectivity index (χ2n) is 14.6. The highest BCUT2D eigenvalue weighted by Gasteiger charge is 2.35. The summed E-state index contributed by atoms with van der Waals surface area (Å²) in [4.78, 5) is 30.9. The van der Waals surface area contributed by atoms with Gasteiger partial charge in [0.15, 0.2) is 29.6 Å². The number of aromatic amines is 1. The zero-order valence-electron chi connectivity index (χ0n) is 31.1. The van der Waals surface area contributed by atoms with Crippen LogP contribution < -0.4 is 11.0 Å². The maximum Gasteiger partial charge on any atom is 0.326 e. The quantitative estimate of drug-likeness (QED) is 0.0737. The minimum absolute atomic E-state index is 0.0754. The Morgan fingerprint density at radius 3 is 2.12 bits per heavy atom. The Kier molecular flexibility index (Phi) is 11.3. The second-order valence-corrected chi connectivity index (χ2v) is 14.6. The number of hydrogen-bond acceptors (Lipinski definition) is 6.